The topological polar surface area (TPSA) is 46.4 Å². The van der Waals surface area contributed by atoms with Gasteiger partial charge in [-0.2, -0.15) is 0 Å². The van der Waals surface area contributed by atoms with Gasteiger partial charge in [0.1, 0.15) is 5.65 Å². The first-order valence-electron chi connectivity index (χ1n) is 8.55. The molecule has 1 atom stereocenters. The van der Waals surface area contributed by atoms with E-state index in [0.29, 0.717) is 11.4 Å². The molecule has 0 saturated heterocycles. The molecule has 1 aromatic carbocycles. The zero-order valence-electron chi connectivity index (χ0n) is 14.3. The van der Waals surface area contributed by atoms with E-state index in [-0.39, 0.29) is 11.8 Å². The Hall–Kier alpha value is -2.33. The number of nitrogens with one attached hydrogen (secondary N) is 1. The fourth-order valence-electron chi connectivity index (χ4n) is 3.45. The van der Waals surface area contributed by atoms with Crippen LogP contribution in [0.15, 0.2) is 36.5 Å². The molecule has 3 aromatic rings. The number of hydrogen-bond acceptors (Lipinski definition) is 2. The lowest BCUT2D eigenvalue weighted by Crippen LogP contribution is -2.28. The van der Waals surface area contributed by atoms with Gasteiger partial charge in [0.2, 0.25) is 5.91 Å². The van der Waals surface area contributed by atoms with E-state index in [0.717, 1.165) is 41.1 Å². The lowest BCUT2D eigenvalue weighted by Gasteiger charge is -2.21. The molecule has 1 aliphatic carbocycles. The predicted molar refractivity (Wildman–Crippen MR) is 100 cm³/mol. The highest BCUT2D eigenvalue weighted by molar-refractivity contribution is 6.31. The predicted octanol–water partition coefficient (Wildman–Crippen LogP) is 4.35. The van der Waals surface area contributed by atoms with Gasteiger partial charge in [0.05, 0.1) is 5.69 Å². The lowest BCUT2D eigenvalue weighted by atomic mass is 9.89. The highest BCUT2D eigenvalue weighted by Gasteiger charge is 2.28. The third-order valence-electron chi connectivity index (χ3n) is 4.93. The normalized spacial score (nSPS) is 16.7. The van der Waals surface area contributed by atoms with E-state index >= 15 is 0 Å². The van der Waals surface area contributed by atoms with Crippen molar-refractivity contribution in [2.75, 3.05) is 5.32 Å². The van der Waals surface area contributed by atoms with Gasteiger partial charge in [-0.25, -0.2) is 4.98 Å². The number of benzene rings is 1. The number of fused-ring (bicyclic) bond motifs is 3. The van der Waals surface area contributed by atoms with Crippen molar-refractivity contribution in [2.45, 2.75) is 33.1 Å². The minimum atomic E-state index is -0.0482. The van der Waals surface area contributed by atoms with E-state index in [1.165, 1.54) is 5.56 Å². The Bertz CT molecular complexity index is 976. The standard InChI is InChI=1S/C20H20ClN3O/c1-12-3-8-19-23-17-7-5-14(9-18(17)24(19)11-12)20(25)22-15-6-4-13(2)16(21)10-15/h3-4,6,8,10-11,14H,5,7,9H2,1-2H3,(H,22,25). The molecule has 25 heavy (non-hydrogen) atoms. The third kappa shape index (κ3) is 3.02. The van der Waals surface area contributed by atoms with Crippen LogP contribution in [0.1, 0.15) is 28.9 Å². The van der Waals surface area contributed by atoms with Crippen LogP contribution in [0.5, 0.6) is 0 Å². The number of amides is 1. The second kappa shape index (κ2) is 6.19. The zero-order valence-corrected chi connectivity index (χ0v) is 15.1. The number of nitrogens with zero attached hydrogens (tertiary/aromatic N) is 2. The minimum absolute atomic E-state index is 0.0482. The number of imidazole rings is 1. The van der Waals surface area contributed by atoms with Crippen LogP contribution in [0.4, 0.5) is 5.69 Å². The molecule has 4 rings (SSSR count). The monoisotopic (exact) mass is 353 g/mol. The van der Waals surface area contributed by atoms with Crippen LogP contribution in [0.25, 0.3) is 5.65 Å². The number of aromatic nitrogens is 2. The van der Waals surface area contributed by atoms with E-state index in [4.69, 9.17) is 16.6 Å². The third-order valence-corrected chi connectivity index (χ3v) is 5.33. The van der Waals surface area contributed by atoms with Crippen molar-refractivity contribution < 1.29 is 4.79 Å². The quantitative estimate of drug-likeness (QED) is 0.744. The summed E-state index contributed by atoms with van der Waals surface area (Å²) in [6.07, 6.45) is 4.47. The summed E-state index contributed by atoms with van der Waals surface area (Å²) in [5, 5.41) is 3.68. The summed E-state index contributed by atoms with van der Waals surface area (Å²) in [6, 6.07) is 9.73. The number of carbonyl (C=O) groups is 1. The van der Waals surface area contributed by atoms with Crippen molar-refractivity contribution in [1.82, 2.24) is 9.38 Å². The van der Waals surface area contributed by atoms with E-state index in [9.17, 15) is 4.79 Å². The number of halogens is 1. The lowest BCUT2D eigenvalue weighted by molar-refractivity contribution is -0.120. The summed E-state index contributed by atoms with van der Waals surface area (Å²) < 4.78 is 2.13. The highest BCUT2D eigenvalue weighted by Crippen LogP contribution is 2.28. The van der Waals surface area contributed by atoms with Gasteiger partial charge in [0.15, 0.2) is 0 Å². The van der Waals surface area contributed by atoms with Gasteiger partial charge in [-0.05, 0) is 56.0 Å². The smallest absolute Gasteiger partial charge is 0.227 e. The summed E-state index contributed by atoms with van der Waals surface area (Å²) in [4.78, 5) is 17.4. The van der Waals surface area contributed by atoms with Gasteiger partial charge >= 0.3 is 0 Å². The Labute approximate surface area is 151 Å². The molecular weight excluding hydrogens is 334 g/mol. The molecule has 0 aliphatic heterocycles. The van der Waals surface area contributed by atoms with Crippen LogP contribution in [-0.2, 0) is 17.6 Å². The van der Waals surface area contributed by atoms with Crippen LogP contribution in [0.2, 0.25) is 5.02 Å². The Kier molecular flexibility index (Phi) is 4.00. The van der Waals surface area contributed by atoms with Crippen LogP contribution in [0, 0.1) is 19.8 Å². The number of carbonyl (C=O) groups excluding carboxylic acids is 1. The molecule has 2 aromatic heterocycles. The van der Waals surface area contributed by atoms with Crippen molar-refractivity contribution in [3.05, 3.63) is 64.1 Å². The fourth-order valence-corrected chi connectivity index (χ4v) is 3.63. The van der Waals surface area contributed by atoms with E-state index in [1.54, 1.807) is 6.07 Å². The van der Waals surface area contributed by atoms with Gasteiger partial charge in [-0.1, -0.05) is 23.7 Å². The van der Waals surface area contributed by atoms with Crippen molar-refractivity contribution in [3.63, 3.8) is 0 Å². The maximum absolute atomic E-state index is 12.7. The van der Waals surface area contributed by atoms with Crippen molar-refractivity contribution in [1.29, 1.82) is 0 Å². The summed E-state index contributed by atoms with van der Waals surface area (Å²) >= 11 is 6.15. The molecule has 0 fully saturated rings. The molecule has 4 nitrogen and oxygen atoms in total. The summed E-state index contributed by atoms with van der Waals surface area (Å²) in [7, 11) is 0. The molecule has 0 saturated carbocycles. The molecule has 128 valence electrons. The van der Waals surface area contributed by atoms with Crippen LogP contribution in [0.3, 0.4) is 0 Å². The second-order valence-corrected chi connectivity index (χ2v) is 7.24. The van der Waals surface area contributed by atoms with E-state index < -0.39 is 0 Å². The first kappa shape index (κ1) is 16.2. The number of anilines is 1. The first-order chi connectivity index (χ1) is 12.0. The second-order valence-electron chi connectivity index (χ2n) is 6.83. The van der Waals surface area contributed by atoms with Crippen LogP contribution < -0.4 is 5.32 Å². The zero-order chi connectivity index (χ0) is 17.6. The molecule has 2 heterocycles. The Morgan fingerprint density at radius 1 is 1.28 bits per heavy atom. The van der Waals surface area contributed by atoms with E-state index in [1.807, 2.05) is 25.1 Å². The highest BCUT2D eigenvalue weighted by atomic mass is 35.5. The molecule has 0 bridgehead atoms. The van der Waals surface area contributed by atoms with Gasteiger partial charge < -0.3 is 9.72 Å². The molecular formula is C20H20ClN3O. The largest absolute Gasteiger partial charge is 0.326 e. The average Bonchev–Trinajstić information content (AvgIpc) is 2.95. The molecule has 1 aliphatic rings. The minimum Gasteiger partial charge on any atom is -0.326 e. The molecule has 1 amide bonds. The summed E-state index contributed by atoms with van der Waals surface area (Å²) in [5.74, 6) is 0.00108. The molecule has 1 unspecified atom stereocenters. The number of hydrogen-bond donors (Lipinski definition) is 1. The molecule has 5 heteroatoms. The maximum atomic E-state index is 12.7. The molecule has 0 spiro atoms. The maximum Gasteiger partial charge on any atom is 0.227 e. The van der Waals surface area contributed by atoms with E-state index in [2.05, 4.69) is 28.9 Å². The first-order valence-corrected chi connectivity index (χ1v) is 8.92. The number of rotatable bonds is 2. The molecule has 1 N–H and O–H groups in total. The molecule has 0 radical (unpaired) electrons. The van der Waals surface area contributed by atoms with Gasteiger partial charge in [-0.15, -0.1) is 0 Å². The van der Waals surface area contributed by atoms with Gasteiger partial charge in [0.25, 0.3) is 0 Å². The van der Waals surface area contributed by atoms with Crippen molar-refractivity contribution in [3.8, 4) is 0 Å². The van der Waals surface area contributed by atoms with Crippen LogP contribution in [-0.4, -0.2) is 15.3 Å². The Morgan fingerprint density at radius 2 is 2.12 bits per heavy atom. The summed E-state index contributed by atoms with van der Waals surface area (Å²) in [6.45, 7) is 4.02. The number of pyridine rings is 1. The number of aryl methyl sites for hydroxylation is 3. The average molecular weight is 354 g/mol. The fraction of sp³-hybridized carbons (Fsp3) is 0.300. The van der Waals surface area contributed by atoms with Gasteiger partial charge in [0, 0.05) is 34.9 Å². The van der Waals surface area contributed by atoms with Gasteiger partial charge in [-0.3, -0.25) is 4.79 Å². The Morgan fingerprint density at radius 3 is 2.92 bits per heavy atom. The Balaban J connectivity index is 1.57. The van der Waals surface area contributed by atoms with Crippen LogP contribution >= 0.6 is 11.6 Å². The summed E-state index contributed by atoms with van der Waals surface area (Å²) in [5.41, 5.74) is 6.18. The van der Waals surface area contributed by atoms with Crippen molar-refractivity contribution in [2.24, 2.45) is 5.92 Å². The van der Waals surface area contributed by atoms with Crippen molar-refractivity contribution >= 4 is 28.8 Å². The SMILES string of the molecule is Cc1ccc2nc3c(n2c1)CC(C(=O)Nc1ccc(C)c(Cl)c1)CC3.